The summed E-state index contributed by atoms with van der Waals surface area (Å²) in [5, 5.41) is 0. The van der Waals surface area contributed by atoms with Gasteiger partial charge in [-0.3, -0.25) is 0 Å². The Kier molecular flexibility index (Phi) is 2.37. The SMILES string of the molecule is CCCC(C)CCC1C2C(C3CC3C)C12. The van der Waals surface area contributed by atoms with E-state index in [0.717, 1.165) is 11.8 Å². The summed E-state index contributed by atoms with van der Waals surface area (Å²) in [7, 11) is 0. The van der Waals surface area contributed by atoms with Crippen molar-refractivity contribution in [2.75, 3.05) is 0 Å². The van der Waals surface area contributed by atoms with Crippen molar-refractivity contribution in [3.63, 3.8) is 0 Å². The molecule has 0 aromatic rings. The largest absolute Gasteiger partial charge is 0.0654 e. The second-order valence-corrected chi connectivity index (χ2v) is 6.74. The van der Waals surface area contributed by atoms with Crippen LogP contribution in [0.3, 0.4) is 0 Å². The molecule has 0 bridgehead atoms. The fourth-order valence-corrected chi connectivity index (χ4v) is 4.20. The second kappa shape index (κ2) is 3.50. The van der Waals surface area contributed by atoms with Crippen LogP contribution in [0.4, 0.5) is 0 Å². The summed E-state index contributed by atoms with van der Waals surface area (Å²) in [6.45, 7) is 7.20. The maximum atomic E-state index is 2.45. The lowest BCUT2D eigenvalue weighted by Gasteiger charge is -2.14. The van der Waals surface area contributed by atoms with Gasteiger partial charge in [0.15, 0.2) is 0 Å². The maximum Gasteiger partial charge on any atom is -0.0315 e. The molecule has 0 N–H and O–H groups in total. The molecule has 3 rings (SSSR count). The van der Waals surface area contributed by atoms with E-state index in [9.17, 15) is 0 Å². The van der Waals surface area contributed by atoms with Crippen molar-refractivity contribution in [3.05, 3.63) is 0 Å². The third kappa shape index (κ3) is 1.74. The van der Waals surface area contributed by atoms with E-state index < -0.39 is 0 Å². The lowest BCUT2D eigenvalue weighted by molar-refractivity contribution is 0.360. The van der Waals surface area contributed by atoms with Crippen LogP contribution < -0.4 is 0 Å². The molecule has 5 atom stereocenters. The van der Waals surface area contributed by atoms with Gasteiger partial charge in [-0.15, -0.1) is 0 Å². The molecule has 15 heavy (non-hydrogen) atoms. The summed E-state index contributed by atoms with van der Waals surface area (Å²) < 4.78 is 0. The quantitative estimate of drug-likeness (QED) is 0.606. The summed E-state index contributed by atoms with van der Waals surface area (Å²) in [5.74, 6) is 8.16. The monoisotopic (exact) mass is 206 g/mol. The molecule has 0 aromatic heterocycles. The smallest absolute Gasteiger partial charge is 0.0315 e. The minimum atomic E-state index is 0.994. The van der Waals surface area contributed by atoms with Gasteiger partial charge in [0.2, 0.25) is 0 Å². The highest BCUT2D eigenvalue weighted by atomic mass is 14.8. The van der Waals surface area contributed by atoms with Crippen LogP contribution in [0.5, 0.6) is 0 Å². The highest BCUT2D eigenvalue weighted by Gasteiger charge is 2.76. The van der Waals surface area contributed by atoms with Gasteiger partial charge in [-0.25, -0.2) is 0 Å². The molecule has 0 aliphatic heterocycles. The van der Waals surface area contributed by atoms with Crippen molar-refractivity contribution in [2.45, 2.75) is 52.9 Å². The van der Waals surface area contributed by atoms with Crippen LogP contribution in [-0.2, 0) is 0 Å². The highest BCUT2D eigenvalue weighted by molar-refractivity contribution is 5.23. The molecular weight excluding hydrogens is 180 g/mol. The zero-order valence-corrected chi connectivity index (χ0v) is 10.6. The van der Waals surface area contributed by atoms with Gasteiger partial charge in [-0.2, -0.15) is 0 Å². The zero-order chi connectivity index (χ0) is 10.6. The van der Waals surface area contributed by atoms with E-state index in [4.69, 9.17) is 0 Å². The molecule has 0 aromatic carbocycles. The van der Waals surface area contributed by atoms with Crippen LogP contribution in [0.2, 0.25) is 0 Å². The number of hydrogen-bond donors (Lipinski definition) is 0. The normalized spacial score (nSPS) is 52.2. The predicted octanol–water partition coefficient (Wildman–Crippen LogP) is 4.35. The van der Waals surface area contributed by atoms with Gasteiger partial charge in [0.25, 0.3) is 0 Å². The van der Waals surface area contributed by atoms with Crippen LogP contribution in [0.1, 0.15) is 52.9 Å². The molecule has 0 nitrogen and oxygen atoms in total. The van der Waals surface area contributed by atoms with E-state index in [1.807, 2.05) is 0 Å². The molecule has 0 saturated heterocycles. The van der Waals surface area contributed by atoms with Gasteiger partial charge in [0.1, 0.15) is 0 Å². The number of rotatable bonds is 6. The summed E-state index contributed by atoms with van der Waals surface area (Å²) in [6, 6.07) is 0. The Bertz CT molecular complexity index is 234. The van der Waals surface area contributed by atoms with E-state index in [1.54, 1.807) is 12.8 Å². The summed E-state index contributed by atoms with van der Waals surface area (Å²) in [4.78, 5) is 0. The van der Waals surface area contributed by atoms with Gasteiger partial charge in [0, 0.05) is 0 Å². The minimum absolute atomic E-state index is 0.994. The van der Waals surface area contributed by atoms with Gasteiger partial charge in [-0.05, 0) is 54.3 Å². The van der Waals surface area contributed by atoms with E-state index >= 15 is 0 Å². The zero-order valence-electron chi connectivity index (χ0n) is 10.6. The Morgan fingerprint density at radius 3 is 2.33 bits per heavy atom. The molecule has 0 amide bonds. The van der Waals surface area contributed by atoms with Crippen LogP contribution in [-0.4, -0.2) is 0 Å². The van der Waals surface area contributed by atoms with Crippen molar-refractivity contribution in [2.24, 2.45) is 41.4 Å². The molecule has 3 saturated carbocycles. The molecule has 0 spiro atoms. The molecule has 3 aliphatic carbocycles. The van der Waals surface area contributed by atoms with Crippen molar-refractivity contribution >= 4 is 0 Å². The molecule has 86 valence electrons. The molecule has 0 heteroatoms. The first-order valence-electron chi connectivity index (χ1n) is 7.24. The van der Waals surface area contributed by atoms with E-state index in [-0.39, 0.29) is 0 Å². The third-order valence-electron chi connectivity index (χ3n) is 5.48. The number of fused-ring (bicyclic) bond motifs is 1. The molecule has 3 fully saturated rings. The third-order valence-corrected chi connectivity index (χ3v) is 5.48. The Morgan fingerprint density at radius 1 is 1.13 bits per heavy atom. The first kappa shape index (κ1) is 10.2. The lowest BCUT2D eigenvalue weighted by Crippen LogP contribution is -2.05. The predicted molar refractivity (Wildman–Crippen MR) is 64.5 cm³/mol. The lowest BCUT2D eigenvalue weighted by atomic mass is 9.91. The number of hydrogen-bond acceptors (Lipinski definition) is 0. The highest BCUT2D eigenvalue weighted by Crippen LogP contribution is 2.80. The molecule has 0 heterocycles. The fraction of sp³-hybridized carbons (Fsp3) is 1.00. The average Bonchev–Trinajstić information content (AvgIpc) is 3.01. The standard InChI is InChI=1S/C15H26/c1-4-5-9(2)6-7-11-13-14(11)15(13)12-8-10(12)3/h9-15H,4-8H2,1-3H3. The molecule has 0 radical (unpaired) electrons. The van der Waals surface area contributed by atoms with Gasteiger partial charge in [0.05, 0.1) is 0 Å². The molecular formula is C15H26. The van der Waals surface area contributed by atoms with Gasteiger partial charge < -0.3 is 0 Å². The summed E-state index contributed by atoms with van der Waals surface area (Å²) in [6.07, 6.45) is 7.47. The average molecular weight is 206 g/mol. The van der Waals surface area contributed by atoms with Crippen LogP contribution in [0.15, 0.2) is 0 Å². The van der Waals surface area contributed by atoms with E-state index in [2.05, 4.69) is 20.8 Å². The summed E-state index contributed by atoms with van der Waals surface area (Å²) in [5.41, 5.74) is 0. The van der Waals surface area contributed by atoms with Crippen LogP contribution >= 0.6 is 0 Å². The molecule has 3 aliphatic rings. The van der Waals surface area contributed by atoms with Crippen molar-refractivity contribution in [3.8, 4) is 0 Å². The Labute approximate surface area is 94.8 Å². The topological polar surface area (TPSA) is 0 Å². The van der Waals surface area contributed by atoms with Crippen LogP contribution in [0, 0.1) is 41.4 Å². The van der Waals surface area contributed by atoms with Gasteiger partial charge >= 0.3 is 0 Å². The van der Waals surface area contributed by atoms with Crippen LogP contribution in [0.25, 0.3) is 0 Å². The second-order valence-electron chi connectivity index (χ2n) is 6.74. The van der Waals surface area contributed by atoms with E-state index in [1.165, 1.54) is 48.9 Å². The van der Waals surface area contributed by atoms with Crippen molar-refractivity contribution in [1.82, 2.24) is 0 Å². The molecule has 5 unspecified atom stereocenters. The summed E-state index contributed by atoms with van der Waals surface area (Å²) >= 11 is 0. The Hall–Kier alpha value is 0. The first-order valence-corrected chi connectivity index (χ1v) is 7.24. The Balaban J connectivity index is 1.31. The Morgan fingerprint density at radius 2 is 1.80 bits per heavy atom. The van der Waals surface area contributed by atoms with Crippen molar-refractivity contribution < 1.29 is 0 Å². The van der Waals surface area contributed by atoms with Gasteiger partial charge in [-0.1, -0.05) is 40.0 Å². The minimum Gasteiger partial charge on any atom is -0.0654 e. The fourth-order valence-electron chi connectivity index (χ4n) is 4.20. The first-order chi connectivity index (χ1) is 7.24. The van der Waals surface area contributed by atoms with Crippen molar-refractivity contribution in [1.29, 1.82) is 0 Å². The van der Waals surface area contributed by atoms with E-state index in [0.29, 0.717) is 0 Å². The maximum absolute atomic E-state index is 2.45.